The zero-order chi connectivity index (χ0) is 32.8. The maximum absolute atomic E-state index is 13.7. The number of carbonyl (C=O) groups is 2. The molecule has 0 aliphatic carbocycles. The second kappa shape index (κ2) is 11.4. The van der Waals surface area contributed by atoms with Gasteiger partial charge in [-0.2, -0.15) is 26.3 Å². The minimum atomic E-state index is -6.03. The molecule has 1 unspecified atom stereocenters. The maximum Gasteiger partial charge on any atom is 0.430 e. The highest BCUT2D eigenvalue weighted by Crippen LogP contribution is 2.51. The van der Waals surface area contributed by atoms with Crippen LogP contribution in [0, 0.1) is 0 Å². The molecule has 1 atom stereocenters. The van der Waals surface area contributed by atoms with Crippen molar-refractivity contribution in [3.8, 4) is 23.0 Å². The number of pyridine rings is 1. The van der Waals surface area contributed by atoms with Crippen LogP contribution in [0.15, 0.2) is 54.7 Å². The predicted octanol–water partition coefficient (Wildman–Crippen LogP) is 6.22. The van der Waals surface area contributed by atoms with Gasteiger partial charge in [-0.15, -0.1) is 0 Å². The quantitative estimate of drug-likeness (QED) is 0.211. The first-order chi connectivity index (χ1) is 21.1. The third-order valence-electron chi connectivity index (χ3n) is 7.73. The molecule has 9 nitrogen and oxygen atoms in total. The molecule has 5 rings (SSSR count). The van der Waals surface area contributed by atoms with Gasteiger partial charge in [0.05, 0.1) is 12.2 Å². The zero-order valence-electron chi connectivity index (χ0n) is 23.9. The Morgan fingerprint density at radius 3 is 2.36 bits per heavy atom. The Bertz CT molecular complexity index is 1610. The fourth-order valence-corrected chi connectivity index (χ4v) is 5.32. The fraction of sp³-hybridized carbons (Fsp3) is 0.367. The second-order valence-corrected chi connectivity index (χ2v) is 10.5. The Hall–Kier alpha value is -4.53. The van der Waals surface area contributed by atoms with Gasteiger partial charge in [0.15, 0.2) is 11.5 Å². The van der Waals surface area contributed by atoms with Crippen LogP contribution in [0.5, 0.6) is 23.0 Å². The summed E-state index contributed by atoms with van der Waals surface area (Å²) in [5.41, 5.74) is -7.15. The van der Waals surface area contributed by atoms with Gasteiger partial charge in [-0.05, 0) is 54.3 Å². The minimum absolute atomic E-state index is 0.00848. The maximum atomic E-state index is 13.7. The number of halogens is 6. The molecule has 0 radical (unpaired) electrons. The van der Waals surface area contributed by atoms with Gasteiger partial charge in [0.25, 0.3) is 11.5 Å². The molecule has 0 spiro atoms. The predicted molar refractivity (Wildman–Crippen MR) is 144 cm³/mol. The molecule has 0 saturated carbocycles. The van der Waals surface area contributed by atoms with Crippen LogP contribution < -0.4 is 19.5 Å². The van der Waals surface area contributed by atoms with Crippen LogP contribution in [-0.2, 0) is 28.9 Å². The van der Waals surface area contributed by atoms with Crippen LogP contribution in [0.1, 0.15) is 49.1 Å². The van der Waals surface area contributed by atoms with Crippen molar-refractivity contribution in [3.05, 3.63) is 77.1 Å². The lowest BCUT2D eigenvalue weighted by Gasteiger charge is -2.33. The van der Waals surface area contributed by atoms with Crippen molar-refractivity contribution < 1.29 is 55.2 Å². The van der Waals surface area contributed by atoms with E-state index in [1.807, 2.05) is 0 Å². The molecule has 1 aromatic heterocycles. The Morgan fingerprint density at radius 1 is 0.978 bits per heavy atom. The number of urea groups is 1. The summed E-state index contributed by atoms with van der Waals surface area (Å²) in [6, 6.07) is 9.09. The lowest BCUT2D eigenvalue weighted by Crippen LogP contribution is -2.53. The molecule has 45 heavy (non-hydrogen) atoms. The van der Waals surface area contributed by atoms with Crippen LogP contribution in [0.4, 0.5) is 31.1 Å². The Balaban J connectivity index is 1.39. The normalized spacial score (nSPS) is 18.4. The van der Waals surface area contributed by atoms with Gasteiger partial charge in [0.1, 0.15) is 17.0 Å². The van der Waals surface area contributed by atoms with Crippen LogP contribution in [-0.4, -0.2) is 46.1 Å². The molecule has 1 saturated heterocycles. The van der Waals surface area contributed by atoms with Gasteiger partial charge in [0, 0.05) is 17.8 Å². The number of hydrogen-bond acceptors (Lipinski definition) is 7. The van der Waals surface area contributed by atoms with Crippen LogP contribution in [0.2, 0.25) is 0 Å². The number of aryl methyl sites for hydroxylation is 1. The van der Waals surface area contributed by atoms with Gasteiger partial charge < -0.3 is 24.6 Å². The number of nitrogens with one attached hydrogen (secondary N) is 1. The van der Waals surface area contributed by atoms with Gasteiger partial charge in [-0.1, -0.05) is 32.4 Å². The average Bonchev–Trinajstić information content (AvgIpc) is 3.55. The lowest BCUT2D eigenvalue weighted by molar-refractivity contribution is -0.376. The molecule has 3 amide bonds. The summed E-state index contributed by atoms with van der Waals surface area (Å²) in [6.07, 6.45) is -10.2. The van der Waals surface area contributed by atoms with E-state index in [2.05, 4.69) is 10.3 Å². The number of alkyl halides is 6. The number of rotatable bonds is 9. The van der Waals surface area contributed by atoms with Crippen molar-refractivity contribution in [1.82, 2.24) is 15.2 Å². The number of fused-ring (bicyclic) bond motifs is 1. The van der Waals surface area contributed by atoms with E-state index in [1.54, 1.807) is 32.0 Å². The molecular formula is C30H27F6N3O6. The van der Waals surface area contributed by atoms with Gasteiger partial charge >= 0.3 is 18.4 Å². The van der Waals surface area contributed by atoms with Crippen molar-refractivity contribution in [2.45, 2.75) is 63.1 Å². The van der Waals surface area contributed by atoms with Crippen LogP contribution in [0.3, 0.4) is 0 Å². The zero-order valence-corrected chi connectivity index (χ0v) is 23.9. The van der Waals surface area contributed by atoms with E-state index in [9.17, 15) is 41.0 Å². The number of benzene rings is 2. The third kappa shape index (κ3) is 5.49. The Kier molecular flexibility index (Phi) is 8.10. The minimum Gasteiger partial charge on any atom is -0.457 e. The third-order valence-corrected chi connectivity index (χ3v) is 7.73. The van der Waals surface area contributed by atoms with Crippen molar-refractivity contribution in [3.63, 3.8) is 0 Å². The molecule has 240 valence electrons. The molecule has 2 aliphatic rings. The molecule has 2 aliphatic heterocycles. The summed E-state index contributed by atoms with van der Waals surface area (Å²) >= 11 is 0. The summed E-state index contributed by atoms with van der Waals surface area (Å²) in [6.45, 7) is 3.17. The van der Waals surface area contributed by atoms with Crippen LogP contribution >= 0.6 is 0 Å². The van der Waals surface area contributed by atoms with Gasteiger partial charge in [-0.3, -0.25) is 14.7 Å². The number of amides is 3. The second-order valence-electron chi connectivity index (χ2n) is 10.5. The van der Waals surface area contributed by atoms with Crippen LogP contribution in [0.25, 0.3) is 0 Å². The highest BCUT2D eigenvalue weighted by atomic mass is 19.4. The number of aromatic nitrogens is 1. The number of ether oxygens (including phenoxy) is 3. The SMILES string of the molecule is CCCc1cc(C(O)(C(F)(F)F)C(F)(F)F)ccc1Oc1ccnc(CN2C(=O)NC(CC)(c3ccc4c(c3)OCO4)C2=O)c1. The summed E-state index contributed by atoms with van der Waals surface area (Å²) in [4.78, 5) is 31.8. The molecular weight excluding hydrogens is 612 g/mol. The smallest absolute Gasteiger partial charge is 0.430 e. The molecule has 1 fully saturated rings. The highest BCUT2D eigenvalue weighted by Gasteiger charge is 2.71. The number of imide groups is 1. The van der Waals surface area contributed by atoms with E-state index in [1.165, 1.54) is 18.3 Å². The van der Waals surface area contributed by atoms with Crippen molar-refractivity contribution >= 4 is 11.9 Å². The van der Waals surface area contributed by atoms with Crippen molar-refractivity contribution in [2.24, 2.45) is 0 Å². The lowest BCUT2D eigenvalue weighted by atomic mass is 9.87. The Labute approximate surface area is 252 Å². The highest BCUT2D eigenvalue weighted by molar-refractivity contribution is 6.07. The van der Waals surface area contributed by atoms with Gasteiger partial charge in [0.2, 0.25) is 6.79 Å². The number of nitrogens with zero attached hydrogens (tertiary/aromatic N) is 2. The van der Waals surface area contributed by atoms with Crippen molar-refractivity contribution in [1.29, 1.82) is 0 Å². The summed E-state index contributed by atoms with van der Waals surface area (Å²) < 4.78 is 97.3. The van der Waals surface area contributed by atoms with E-state index < -0.39 is 41.0 Å². The summed E-state index contributed by atoms with van der Waals surface area (Å²) in [7, 11) is 0. The Morgan fingerprint density at radius 2 is 1.69 bits per heavy atom. The molecule has 3 aromatic rings. The first-order valence-electron chi connectivity index (χ1n) is 13.8. The first kappa shape index (κ1) is 31.9. The molecule has 2 N–H and O–H groups in total. The summed E-state index contributed by atoms with van der Waals surface area (Å²) in [5, 5.41) is 12.6. The number of hydrogen-bond donors (Lipinski definition) is 2. The van der Waals surface area contributed by atoms with E-state index in [-0.39, 0.29) is 48.9 Å². The number of carbonyl (C=O) groups excluding carboxylic acids is 2. The molecule has 0 bridgehead atoms. The topological polar surface area (TPSA) is 110 Å². The molecule has 3 heterocycles. The van der Waals surface area contributed by atoms with E-state index in [0.717, 1.165) is 11.0 Å². The van der Waals surface area contributed by atoms with Gasteiger partial charge in [-0.25, -0.2) is 4.79 Å². The van der Waals surface area contributed by atoms with E-state index >= 15 is 0 Å². The average molecular weight is 640 g/mol. The standard InChI is InChI=1S/C30H27F6N3O6/c1-3-5-17-12-19(28(42,29(31,32)33)30(34,35)36)7-8-22(17)45-21-10-11-37-20(14-21)15-39-25(40)27(4-2,38-26(39)41)18-6-9-23-24(13-18)44-16-43-23/h6-14,42H,3-5,15-16H2,1-2H3,(H,38,41). The largest absolute Gasteiger partial charge is 0.457 e. The summed E-state index contributed by atoms with van der Waals surface area (Å²) in [5.74, 6) is 0.450. The fourth-order valence-electron chi connectivity index (χ4n) is 5.32. The van der Waals surface area contributed by atoms with E-state index in [0.29, 0.717) is 35.6 Å². The first-order valence-corrected chi connectivity index (χ1v) is 13.8. The van der Waals surface area contributed by atoms with Crippen molar-refractivity contribution in [2.75, 3.05) is 6.79 Å². The molecule has 15 heteroatoms. The number of aliphatic hydroxyl groups is 1. The molecule has 2 aromatic carbocycles. The van der Waals surface area contributed by atoms with E-state index in [4.69, 9.17) is 14.2 Å². The monoisotopic (exact) mass is 639 g/mol.